The standard InChI is InChI=1S/C19H17BN2.C10H9N/c1-20(16-10-2-6-14-8-4-12-21-18(14)16)17-11-3-7-15-9-5-13-22-19(15)17;1-8-4-2-5-9-6-3-7-11-10(8)9/h2-14,18H,1H3;2-7H,1H3. The van der Waals surface area contributed by atoms with E-state index >= 15 is 0 Å². The number of allylic oxidation sites excluding steroid dienone is 3. The Morgan fingerprint density at radius 2 is 1.42 bits per heavy atom. The Balaban J connectivity index is 0.000000174. The van der Waals surface area contributed by atoms with Gasteiger partial charge in [-0.25, -0.2) is 0 Å². The van der Waals surface area contributed by atoms with E-state index in [1.54, 1.807) is 0 Å². The zero-order valence-electron chi connectivity index (χ0n) is 19.0. The molecule has 3 nitrogen and oxygen atoms in total. The highest BCUT2D eigenvalue weighted by Gasteiger charge is 2.30. The maximum Gasteiger partial charge on any atom is 0.206 e. The fraction of sp³-hybridized carbons (Fsp3) is 0.138. The van der Waals surface area contributed by atoms with E-state index in [0.717, 1.165) is 11.0 Å². The highest BCUT2D eigenvalue weighted by Crippen LogP contribution is 2.28. The molecule has 2 atom stereocenters. The van der Waals surface area contributed by atoms with E-state index in [4.69, 9.17) is 4.99 Å². The SMILES string of the molecule is CB(C1=CC=CC2C=CC=NC12)c1cccc2cccnc12.Cc1cccc2cccnc12. The summed E-state index contributed by atoms with van der Waals surface area (Å²) in [6, 6.07) is 21.0. The second kappa shape index (κ2) is 9.37. The highest BCUT2D eigenvalue weighted by molar-refractivity contribution is 6.80. The molecule has 33 heavy (non-hydrogen) atoms. The number of aryl methyl sites for hydroxylation is 1. The Hall–Kier alpha value is -3.79. The molecule has 4 aromatic rings. The van der Waals surface area contributed by atoms with Gasteiger partial charge in [0.1, 0.15) is 0 Å². The minimum atomic E-state index is 0.226. The summed E-state index contributed by atoms with van der Waals surface area (Å²) in [6.07, 6.45) is 16.5. The van der Waals surface area contributed by atoms with Crippen molar-refractivity contribution < 1.29 is 0 Å². The number of aliphatic imine (C=N–C) groups is 1. The van der Waals surface area contributed by atoms with Crippen LogP contribution in [0.2, 0.25) is 6.82 Å². The van der Waals surface area contributed by atoms with Crippen molar-refractivity contribution in [1.29, 1.82) is 0 Å². The van der Waals surface area contributed by atoms with Gasteiger partial charge in [-0.05, 0) is 41.5 Å². The normalized spacial score (nSPS) is 18.4. The van der Waals surface area contributed by atoms with E-state index in [9.17, 15) is 0 Å². The summed E-state index contributed by atoms with van der Waals surface area (Å²) in [6.45, 7) is 4.65. The van der Waals surface area contributed by atoms with Crippen molar-refractivity contribution in [3.63, 3.8) is 0 Å². The van der Waals surface area contributed by atoms with Gasteiger partial charge in [0.05, 0.1) is 17.1 Å². The predicted octanol–water partition coefficient (Wildman–Crippen LogP) is 5.77. The summed E-state index contributed by atoms with van der Waals surface area (Å²) < 4.78 is 0. The van der Waals surface area contributed by atoms with Crippen molar-refractivity contribution in [2.45, 2.75) is 19.8 Å². The third-order valence-electron chi connectivity index (χ3n) is 6.46. The zero-order chi connectivity index (χ0) is 22.6. The van der Waals surface area contributed by atoms with Gasteiger partial charge in [0.15, 0.2) is 0 Å². The summed E-state index contributed by atoms with van der Waals surface area (Å²) in [4.78, 5) is 13.6. The zero-order valence-corrected chi connectivity index (χ0v) is 19.0. The Morgan fingerprint density at radius 1 is 0.758 bits per heavy atom. The fourth-order valence-electron chi connectivity index (χ4n) is 4.71. The van der Waals surface area contributed by atoms with Crippen LogP contribution in [0.25, 0.3) is 21.8 Å². The van der Waals surface area contributed by atoms with E-state index in [1.807, 2.05) is 36.8 Å². The number of nitrogens with zero attached hydrogens (tertiary/aromatic N) is 3. The molecule has 0 N–H and O–H groups in total. The third-order valence-corrected chi connectivity index (χ3v) is 6.46. The lowest BCUT2D eigenvalue weighted by molar-refractivity contribution is 0.670. The monoisotopic (exact) mass is 427 g/mol. The molecular formula is C29H26BN3. The quantitative estimate of drug-likeness (QED) is 0.381. The molecule has 0 saturated carbocycles. The Labute approximate surface area is 195 Å². The van der Waals surface area contributed by atoms with Crippen LogP contribution in [0, 0.1) is 12.8 Å². The number of fused-ring (bicyclic) bond motifs is 3. The third kappa shape index (κ3) is 4.29. The summed E-state index contributed by atoms with van der Waals surface area (Å²) in [5.41, 5.74) is 6.09. The first-order valence-electron chi connectivity index (χ1n) is 11.4. The van der Waals surface area contributed by atoms with Crippen LogP contribution in [-0.4, -0.2) is 28.9 Å². The topological polar surface area (TPSA) is 38.1 Å². The van der Waals surface area contributed by atoms with Gasteiger partial charge in [0, 0.05) is 29.9 Å². The van der Waals surface area contributed by atoms with E-state index in [2.05, 4.69) is 96.5 Å². The summed E-state index contributed by atoms with van der Waals surface area (Å²) >= 11 is 0. The second-order valence-electron chi connectivity index (χ2n) is 8.55. The van der Waals surface area contributed by atoms with Crippen LogP contribution in [0.5, 0.6) is 0 Å². The molecule has 2 aliphatic rings. The van der Waals surface area contributed by atoms with Gasteiger partial charge < -0.3 is 0 Å². The maximum absolute atomic E-state index is 4.71. The van der Waals surface area contributed by atoms with Gasteiger partial charge in [0.2, 0.25) is 6.71 Å². The van der Waals surface area contributed by atoms with Crippen LogP contribution < -0.4 is 5.46 Å². The molecular weight excluding hydrogens is 401 g/mol. The fourth-order valence-corrected chi connectivity index (χ4v) is 4.71. The number of para-hydroxylation sites is 2. The summed E-state index contributed by atoms with van der Waals surface area (Å²) in [5.74, 6) is 0.385. The van der Waals surface area contributed by atoms with E-state index < -0.39 is 0 Å². The van der Waals surface area contributed by atoms with Gasteiger partial charge in [-0.3, -0.25) is 15.0 Å². The van der Waals surface area contributed by atoms with Crippen LogP contribution in [0.3, 0.4) is 0 Å². The van der Waals surface area contributed by atoms with Crippen molar-refractivity contribution in [3.05, 3.63) is 114 Å². The average Bonchev–Trinajstić information content (AvgIpc) is 2.88. The predicted molar refractivity (Wildman–Crippen MR) is 142 cm³/mol. The number of pyridine rings is 2. The first kappa shape index (κ1) is 21.1. The molecule has 0 fully saturated rings. The smallest absolute Gasteiger partial charge is 0.206 e. The molecule has 160 valence electrons. The van der Waals surface area contributed by atoms with E-state index in [0.29, 0.717) is 12.6 Å². The van der Waals surface area contributed by atoms with Gasteiger partial charge in [-0.15, -0.1) is 0 Å². The molecule has 3 heterocycles. The van der Waals surface area contributed by atoms with Crippen molar-refractivity contribution in [2.24, 2.45) is 10.9 Å². The molecule has 0 saturated heterocycles. The molecule has 1 aliphatic heterocycles. The Kier molecular flexibility index (Phi) is 5.99. The van der Waals surface area contributed by atoms with E-state index in [1.165, 1.54) is 27.3 Å². The number of dihydropyridines is 1. The molecule has 0 spiro atoms. The van der Waals surface area contributed by atoms with E-state index in [-0.39, 0.29) is 6.04 Å². The largest absolute Gasteiger partial charge is 0.285 e. The molecule has 2 aromatic heterocycles. The minimum absolute atomic E-state index is 0.226. The van der Waals surface area contributed by atoms with Gasteiger partial charge in [-0.2, -0.15) is 0 Å². The molecule has 4 heteroatoms. The highest BCUT2D eigenvalue weighted by atomic mass is 14.8. The van der Waals surface area contributed by atoms with Crippen LogP contribution >= 0.6 is 0 Å². The molecule has 6 rings (SSSR count). The number of hydrogen-bond donors (Lipinski definition) is 0. The molecule has 0 radical (unpaired) electrons. The minimum Gasteiger partial charge on any atom is -0.285 e. The Morgan fingerprint density at radius 3 is 2.21 bits per heavy atom. The first-order valence-corrected chi connectivity index (χ1v) is 11.4. The van der Waals surface area contributed by atoms with Crippen LogP contribution in [0.4, 0.5) is 0 Å². The van der Waals surface area contributed by atoms with Crippen LogP contribution in [0.15, 0.2) is 114 Å². The first-order chi connectivity index (χ1) is 16.2. The maximum atomic E-state index is 4.71. The number of benzene rings is 2. The van der Waals surface area contributed by atoms with Crippen molar-refractivity contribution in [1.82, 2.24) is 9.97 Å². The van der Waals surface area contributed by atoms with Crippen molar-refractivity contribution >= 4 is 40.2 Å². The Bertz CT molecular complexity index is 1410. The lowest BCUT2D eigenvalue weighted by atomic mass is 9.39. The molecule has 1 aliphatic carbocycles. The van der Waals surface area contributed by atoms with Crippen LogP contribution in [0.1, 0.15) is 5.56 Å². The van der Waals surface area contributed by atoms with Gasteiger partial charge in [0.25, 0.3) is 0 Å². The molecule has 2 aromatic carbocycles. The lowest BCUT2D eigenvalue weighted by Crippen LogP contribution is -2.38. The summed E-state index contributed by atoms with van der Waals surface area (Å²) in [5, 5.41) is 2.41. The summed E-state index contributed by atoms with van der Waals surface area (Å²) in [7, 11) is 0. The molecule has 0 amide bonds. The van der Waals surface area contributed by atoms with Gasteiger partial charge >= 0.3 is 0 Å². The lowest BCUT2D eigenvalue weighted by Gasteiger charge is -2.29. The molecule has 2 unspecified atom stereocenters. The van der Waals surface area contributed by atoms with Crippen molar-refractivity contribution in [3.8, 4) is 0 Å². The van der Waals surface area contributed by atoms with Crippen LogP contribution in [-0.2, 0) is 0 Å². The second-order valence-corrected chi connectivity index (χ2v) is 8.55. The molecule has 0 bridgehead atoms. The van der Waals surface area contributed by atoms with Crippen molar-refractivity contribution in [2.75, 3.05) is 0 Å². The number of hydrogen-bond acceptors (Lipinski definition) is 3. The number of rotatable bonds is 2. The van der Waals surface area contributed by atoms with Gasteiger partial charge in [-0.1, -0.05) is 85.1 Å². The average molecular weight is 427 g/mol. The number of aromatic nitrogens is 2.